The highest BCUT2D eigenvalue weighted by Gasteiger charge is 2.19. The van der Waals surface area contributed by atoms with Crippen molar-refractivity contribution in [2.75, 3.05) is 13.2 Å². The van der Waals surface area contributed by atoms with Crippen molar-refractivity contribution >= 4 is 17.9 Å². The topological polar surface area (TPSA) is 78.9 Å². The van der Waals surface area contributed by atoms with Crippen molar-refractivity contribution in [3.63, 3.8) is 0 Å². The van der Waals surface area contributed by atoms with E-state index in [-0.39, 0.29) is 37.5 Å². The molecular weight excluding hydrogens is 973 g/mol. The highest BCUT2D eigenvalue weighted by molar-refractivity contribution is 5.71. The Bertz CT molecular complexity index is 1680. The van der Waals surface area contributed by atoms with Crippen LogP contribution in [0.4, 0.5) is 0 Å². The minimum Gasteiger partial charge on any atom is -0.462 e. The minimum atomic E-state index is -0.810. The van der Waals surface area contributed by atoms with Gasteiger partial charge in [0, 0.05) is 19.3 Å². The van der Waals surface area contributed by atoms with Gasteiger partial charge >= 0.3 is 17.9 Å². The molecule has 0 fully saturated rings. The molecule has 0 aromatic carbocycles. The van der Waals surface area contributed by atoms with E-state index in [1.165, 1.54) is 103 Å². The molecule has 1 atom stereocenters. The van der Waals surface area contributed by atoms with Gasteiger partial charge in [0.15, 0.2) is 6.10 Å². The molecule has 0 aliphatic heterocycles. The quantitative estimate of drug-likeness (QED) is 0.0261. The first kappa shape index (κ1) is 74.5. The molecule has 0 rings (SSSR count). The third kappa shape index (κ3) is 64.3. The van der Waals surface area contributed by atoms with Gasteiger partial charge in [0.2, 0.25) is 0 Å². The molecule has 448 valence electrons. The molecule has 0 heterocycles. The molecule has 0 aliphatic rings. The van der Waals surface area contributed by atoms with Crippen LogP contribution in [0.2, 0.25) is 0 Å². The normalized spacial score (nSPS) is 13.0. The fraction of sp³-hybridized carbons (Fsp3) is 0.658. The van der Waals surface area contributed by atoms with E-state index < -0.39 is 6.10 Å². The molecule has 0 spiro atoms. The van der Waals surface area contributed by atoms with Crippen LogP contribution in [-0.4, -0.2) is 37.2 Å². The van der Waals surface area contributed by atoms with Gasteiger partial charge < -0.3 is 14.2 Å². The third-order valence-electron chi connectivity index (χ3n) is 13.6. The van der Waals surface area contributed by atoms with Crippen LogP contribution in [0.25, 0.3) is 0 Å². The van der Waals surface area contributed by atoms with Gasteiger partial charge in [-0.15, -0.1) is 0 Å². The third-order valence-corrected chi connectivity index (χ3v) is 13.6. The van der Waals surface area contributed by atoms with Gasteiger partial charge in [0.05, 0.1) is 0 Å². The van der Waals surface area contributed by atoms with E-state index in [0.717, 1.165) is 148 Å². The minimum absolute atomic E-state index is 0.102. The second kappa shape index (κ2) is 66.1. The van der Waals surface area contributed by atoms with E-state index in [4.69, 9.17) is 14.2 Å². The molecular formula is C73H120O6. The Morgan fingerprint density at radius 3 is 0.785 bits per heavy atom. The fourth-order valence-corrected chi connectivity index (χ4v) is 8.79. The smallest absolute Gasteiger partial charge is 0.306 e. The monoisotopic (exact) mass is 1090 g/mol. The van der Waals surface area contributed by atoms with Crippen molar-refractivity contribution in [2.24, 2.45) is 0 Å². The number of esters is 3. The fourth-order valence-electron chi connectivity index (χ4n) is 8.79. The molecule has 0 saturated heterocycles. The average Bonchev–Trinajstić information content (AvgIpc) is 3.45. The van der Waals surface area contributed by atoms with E-state index in [0.29, 0.717) is 12.8 Å². The summed E-state index contributed by atoms with van der Waals surface area (Å²) >= 11 is 0. The van der Waals surface area contributed by atoms with Crippen LogP contribution in [0.5, 0.6) is 0 Å². The Balaban J connectivity index is 4.40. The van der Waals surface area contributed by atoms with Crippen LogP contribution in [-0.2, 0) is 28.6 Å². The first-order valence-electron chi connectivity index (χ1n) is 32.7. The van der Waals surface area contributed by atoms with E-state index in [9.17, 15) is 14.4 Å². The lowest BCUT2D eigenvalue weighted by molar-refractivity contribution is -0.167. The molecule has 0 aromatic rings. The van der Waals surface area contributed by atoms with Crippen LogP contribution in [0.3, 0.4) is 0 Å². The van der Waals surface area contributed by atoms with Gasteiger partial charge in [0.25, 0.3) is 0 Å². The van der Waals surface area contributed by atoms with Gasteiger partial charge in [-0.05, 0) is 135 Å². The maximum atomic E-state index is 12.9. The molecule has 1 unspecified atom stereocenters. The summed E-state index contributed by atoms with van der Waals surface area (Å²) in [5.74, 6) is -0.951. The van der Waals surface area contributed by atoms with Gasteiger partial charge in [-0.2, -0.15) is 0 Å². The van der Waals surface area contributed by atoms with Crippen LogP contribution < -0.4 is 0 Å². The van der Waals surface area contributed by atoms with Crippen LogP contribution in [0, 0.1) is 0 Å². The zero-order valence-electron chi connectivity index (χ0n) is 51.3. The molecule has 6 heteroatoms. The standard InChI is InChI=1S/C73H120O6/c1-4-7-10-13-16-19-22-25-28-30-32-33-34-35-36-37-38-39-41-42-45-48-51-54-57-60-63-66-72(75)78-69-70(68-77-71(74)65-62-59-56-53-50-47-44-27-24-21-18-15-12-9-6-3)79-73(76)67-64-61-58-55-52-49-46-43-40-31-29-26-23-20-17-14-11-8-5-2/h8-9,11-12,17-18,20-22,25-27,29-30,32,34-35,40,43-44,49,52,70H,4-7,10,13-16,19,23-24,28,31,33,36-39,41-42,45-48,50-51,53-69H2,1-3H3/b11-8-,12-9-,20-17-,21-18-,25-22-,29-26-,32-30-,35-34-,43-40-,44-27-,52-49-. The zero-order chi connectivity index (χ0) is 57.1. The number of rotatable bonds is 58. The lowest BCUT2D eigenvalue weighted by atomic mass is 10.0. The van der Waals surface area contributed by atoms with E-state index in [1.54, 1.807) is 0 Å². The first-order valence-corrected chi connectivity index (χ1v) is 32.7. The Kier molecular flexibility index (Phi) is 62.3. The van der Waals surface area contributed by atoms with Crippen molar-refractivity contribution in [2.45, 2.75) is 297 Å². The SMILES string of the molecule is CC/C=C\C/C=C\C/C=C\C/C=C\C/C=C\CCCCCC(=O)OC(COC(=O)CCCCCCC/C=C\C/C=C\C/C=C\CC)COC(=O)CCCCCCCCCCCCCC/C=C\C/C=C\C/C=C\CCCCCCC. The number of hydrogen-bond acceptors (Lipinski definition) is 6. The Labute approximate surface area is 487 Å². The summed E-state index contributed by atoms with van der Waals surface area (Å²) in [6, 6.07) is 0. The van der Waals surface area contributed by atoms with Crippen molar-refractivity contribution in [1.82, 2.24) is 0 Å². The Hall–Kier alpha value is -4.45. The van der Waals surface area contributed by atoms with Crippen molar-refractivity contribution in [1.29, 1.82) is 0 Å². The molecule has 6 nitrogen and oxygen atoms in total. The van der Waals surface area contributed by atoms with Crippen molar-refractivity contribution < 1.29 is 28.6 Å². The van der Waals surface area contributed by atoms with Gasteiger partial charge in [-0.1, -0.05) is 270 Å². The summed E-state index contributed by atoms with van der Waals surface area (Å²) in [5, 5.41) is 0. The average molecular weight is 1090 g/mol. The second-order valence-electron chi connectivity index (χ2n) is 21.3. The zero-order valence-corrected chi connectivity index (χ0v) is 51.3. The van der Waals surface area contributed by atoms with Crippen LogP contribution in [0.1, 0.15) is 290 Å². The van der Waals surface area contributed by atoms with E-state index in [1.807, 2.05) is 0 Å². The summed E-state index contributed by atoms with van der Waals surface area (Å²) in [7, 11) is 0. The number of ether oxygens (including phenoxy) is 3. The summed E-state index contributed by atoms with van der Waals surface area (Å²) in [5.41, 5.74) is 0. The van der Waals surface area contributed by atoms with E-state index >= 15 is 0 Å². The molecule has 0 bridgehead atoms. The van der Waals surface area contributed by atoms with Crippen LogP contribution in [0.15, 0.2) is 134 Å². The second-order valence-corrected chi connectivity index (χ2v) is 21.3. The molecule has 0 N–H and O–H groups in total. The number of carbonyl (C=O) groups excluding carboxylic acids is 3. The highest BCUT2D eigenvalue weighted by Crippen LogP contribution is 2.15. The first-order chi connectivity index (χ1) is 39.0. The number of carbonyl (C=O) groups is 3. The number of unbranched alkanes of at least 4 members (excludes halogenated alkanes) is 25. The molecule has 0 amide bonds. The predicted octanol–water partition coefficient (Wildman–Crippen LogP) is 22.5. The maximum Gasteiger partial charge on any atom is 0.306 e. The summed E-state index contributed by atoms with van der Waals surface area (Å²) in [6.07, 6.45) is 93.2. The van der Waals surface area contributed by atoms with E-state index in [2.05, 4.69) is 154 Å². The molecule has 79 heavy (non-hydrogen) atoms. The van der Waals surface area contributed by atoms with Gasteiger partial charge in [0.1, 0.15) is 13.2 Å². The summed E-state index contributed by atoms with van der Waals surface area (Å²) in [6.45, 7) is 6.37. The highest BCUT2D eigenvalue weighted by atomic mass is 16.6. The Morgan fingerprint density at radius 1 is 0.266 bits per heavy atom. The lowest BCUT2D eigenvalue weighted by Crippen LogP contribution is -2.30. The lowest BCUT2D eigenvalue weighted by Gasteiger charge is -2.18. The maximum absolute atomic E-state index is 12.9. The molecule has 0 radical (unpaired) electrons. The van der Waals surface area contributed by atoms with Crippen LogP contribution >= 0.6 is 0 Å². The summed E-state index contributed by atoms with van der Waals surface area (Å²) in [4.78, 5) is 38.3. The van der Waals surface area contributed by atoms with Crippen molar-refractivity contribution in [3.8, 4) is 0 Å². The molecule has 0 saturated carbocycles. The molecule has 0 aromatic heterocycles. The Morgan fingerprint density at radius 2 is 0.494 bits per heavy atom. The molecule has 0 aliphatic carbocycles. The van der Waals surface area contributed by atoms with Gasteiger partial charge in [-0.3, -0.25) is 14.4 Å². The van der Waals surface area contributed by atoms with Crippen molar-refractivity contribution in [3.05, 3.63) is 134 Å². The number of hydrogen-bond donors (Lipinski definition) is 0. The largest absolute Gasteiger partial charge is 0.462 e. The van der Waals surface area contributed by atoms with Gasteiger partial charge in [-0.25, -0.2) is 0 Å². The summed E-state index contributed by atoms with van der Waals surface area (Å²) < 4.78 is 16.9. The predicted molar refractivity (Wildman–Crippen MR) is 343 cm³/mol. The number of allylic oxidation sites excluding steroid dienone is 22.